The molecule has 0 aromatic carbocycles. The number of hydrogen-bond donors (Lipinski definition) is 3. The van der Waals surface area contributed by atoms with Gasteiger partial charge in [-0.3, -0.25) is 14.3 Å². The third-order valence-electron chi connectivity index (χ3n) is 4.89. The Labute approximate surface area is 178 Å². The topological polar surface area (TPSA) is 123 Å². The molecule has 1 aromatic rings. The van der Waals surface area contributed by atoms with Crippen molar-refractivity contribution < 1.29 is 24.7 Å². The quantitative estimate of drug-likeness (QED) is 0.160. The lowest BCUT2D eigenvalue weighted by Gasteiger charge is -2.16. The second-order valence-corrected chi connectivity index (χ2v) is 7.98. The van der Waals surface area contributed by atoms with E-state index in [1.54, 1.807) is 0 Å². The fraction of sp³-hybridized carbons (Fsp3) is 0.789. The Kier molecular flexibility index (Phi) is 11.1. The average Bonchev–Trinajstić information content (AvgIpc) is 2.97. The molecule has 29 heavy (non-hydrogen) atoms. The van der Waals surface area contributed by atoms with Crippen LogP contribution in [-0.4, -0.2) is 56.6 Å². The van der Waals surface area contributed by atoms with Crippen molar-refractivity contribution in [2.24, 2.45) is 0 Å². The molecule has 4 atom stereocenters. The highest BCUT2D eigenvalue weighted by molar-refractivity contribution is 9.09. The third kappa shape index (κ3) is 7.95. The van der Waals surface area contributed by atoms with Gasteiger partial charge in [0.15, 0.2) is 6.23 Å². The van der Waals surface area contributed by atoms with Gasteiger partial charge < -0.3 is 14.9 Å². The minimum absolute atomic E-state index is 0.0829. The third-order valence-corrected chi connectivity index (χ3v) is 5.45. The largest absolute Gasteiger partial charge is 0.387 e. The summed E-state index contributed by atoms with van der Waals surface area (Å²) < 4.78 is 6.55. The van der Waals surface area contributed by atoms with Crippen molar-refractivity contribution in [2.45, 2.75) is 75.9 Å². The maximum atomic E-state index is 11.8. The zero-order valence-electron chi connectivity index (χ0n) is 16.5. The first-order chi connectivity index (χ1) is 14.0. The minimum atomic E-state index is -1.33. The number of aliphatic hydroxyl groups excluding tert-OH is 2. The van der Waals surface area contributed by atoms with Gasteiger partial charge in [0.1, 0.15) is 24.9 Å². The molecule has 1 aliphatic heterocycles. The standard InChI is InChI=1S/C19H31BrN2O7/c20-10-7-5-3-1-2-4-6-8-12-27-28-13-14-16(24)17(25)18(29-14)22-11-9-15(23)21-19(22)26/h9,11,14,16-18,24-25H,1-8,10,12-13H2,(H,21,23,26)/t14-,16-,17-,18-/m1/s1. The van der Waals surface area contributed by atoms with Gasteiger partial charge in [0.25, 0.3) is 5.56 Å². The fourth-order valence-electron chi connectivity index (χ4n) is 3.21. The summed E-state index contributed by atoms with van der Waals surface area (Å²) in [6, 6.07) is 1.14. The highest BCUT2D eigenvalue weighted by Gasteiger charge is 2.44. The lowest BCUT2D eigenvalue weighted by atomic mass is 10.1. The number of hydrogen-bond acceptors (Lipinski definition) is 7. The van der Waals surface area contributed by atoms with Crippen LogP contribution < -0.4 is 11.2 Å². The summed E-state index contributed by atoms with van der Waals surface area (Å²) in [5.74, 6) is 0. The zero-order valence-corrected chi connectivity index (χ0v) is 18.1. The van der Waals surface area contributed by atoms with Crippen LogP contribution in [0.15, 0.2) is 21.9 Å². The summed E-state index contributed by atoms with van der Waals surface area (Å²) in [5, 5.41) is 21.3. The van der Waals surface area contributed by atoms with E-state index in [1.807, 2.05) is 0 Å². The molecule has 0 saturated carbocycles. The monoisotopic (exact) mass is 478 g/mol. The van der Waals surface area contributed by atoms with Crippen molar-refractivity contribution in [1.29, 1.82) is 0 Å². The summed E-state index contributed by atoms with van der Waals surface area (Å²) in [6.07, 6.45) is 6.10. The van der Waals surface area contributed by atoms with Crippen LogP contribution in [0.1, 0.15) is 57.6 Å². The zero-order chi connectivity index (χ0) is 21.1. The van der Waals surface area contributed by atoms with Gasteiger partial charge in [-0.05, 0) is 12.8 Å². The number of rotatable bonds is 14. The Bertz CT molecular complexity index is 696. The molecule has 1 aliphatic rings. The number of aliphatic hydroxyl groups is 2. The summed E-state index contributed by atoms with van der Waals surface area (Å²) in [4.78, 5) is 35.3. The first kappa shape index (κ1) is 24.2. The molecule has 0 spiro atoms. The van der Waals surface area contributed by atoms with E-state index in [0.29, 0.717) is 6.61 Å². The lowest BCUT2D eigenvalue weighted by molar-refractivity contribution is -0.310. The van der Waals surface area contributed by atoms with E-state index in [4.69, 9.17) is 14.5 Å². The van der Waals surface area contributed by atoms with Crippen LogP contribution in [0.3, 0.4) is 0 Å². The number of aromatic nitrogens is 2. The van der Waals surface area contributed by atoms with E-state index in [2.05, 4.69) is 20.9 Å². The molecular formula is C19H31BrN2O7. The van der Waals surface area contributed by atoms with Gasteiger partial charge >= 0.3 is 5.69 Å². The van der Waals surface area contributed by atoms with Crippen LogP contribution >= 0.6 is 15.9 Å². The van der Waals surface area contributed by atoms with Gasteiger partial charge in [-0.2, -0.15) is 0 Å². The molecule has 1 aromatic heterocycles. The molecule has 3 N–H and O–H groups in total. The second-order valence-electron chi connectivity index (χ2n) is 7.19. The predicted octanol–water partition coefficient (Wildman–Crippen LogP) is 1.62. The number of nitrogens with one attached hydrogen (secondary N) is 1. The molecule has 2 rings (SSSR count). The van der Waals surface area contributed by atoms with Crippen LogP contribution in [0.4, 0.5) is 0 Å². The highest BCUT2D eigenvalue weighted by atomic mass is 79.9. The maximum Gasteiger partial charge on any atom is 0.330 e. The Morgan fingerprint density at radius 2 is 1.66 bits per heavy atom. The first-order valence-electron chi connectivity index (χ1n) is 10.2. The molecule has 0 unspecified atom stereocenters. The molecule has 9 nitrogen and oxygen atoms in total. The average molecular weight is 479 g/mol. The molecule has 0 aliphatic carbocycles. The molecular weight excluding hydrogens is 448 g/mol. The highest BCUT2D eigenvalue weighted by Crippen LogP contribution is 2.28. The Morgan fingerprint density at radius 3 is 2.31 bits per heavy atom. The number of nitrogens with zero attached hydrogens (tertiary/aromatic N) is 1. The molecule has 1 fully saturated rings. The maximum absolute atomic E-state index is 11.8. The van der Waals surface area contributed by atoms with Gasteiger partial charge in [0.2, 0.25) is 0 Å². The number of aromatic amines is 1. The number of halogens is 1. The second kappa shape index (κ2) is 13.3. The van der Waals surface area contributed by atoms with Crippen LogP contribution in [0.5, 0.6) is 0 Å². The van der Waals surface area contributed by atoms with Gasteiger partial charge in [-0.1, -0.05) is 54.5 Å². The molecule has 2 heterocycles. The number of unbranched alkanes of at least 4 members (excludes halogenated alkanes) is 7. The molecule has 0 amide bonds. The Hall–Kier alpha value is -1.04. The van der Waals surface area contributed by atoms with E-state index in [9.17, 15) is 19.8 Å². The van der Waals surface area contributed by atoms with Crippen molar-refractivity contribution in [3.8, 4) is 0 Å². The minimum Gasteiger partial charge on any atom is -0.387 e. The summed E-state index contributed by atoms with van der Waals surface area (Å²) in [5.41, 5.74) is -1.28. The van der Waals surface area contributed by atoms with Crippen LogP contribution in [0.2, 0.25) is 0 Å². The molecule has 1 saturated heterocycles. The summed E-state index contributed by atoms with van der Waals surface area (Å²) >= 11 is 3.43. The van der Waals surface area contributed by atoms with Crippen LogP contribution in [0.25, 0.3) is 0 Å². The molecule has 10 heteroatoms. The van der Waals surface area contributed by atoms with Crippen molar-refractivity contribution in [3.05, 3.63) is 33.1 Å². The smallest absolute Gasteiger partial charge is 0.330 e. The van der Waals surface area contributed by atoms with E-state index < -0.39 is 35.8 Å². The molecule has 166 valence electrons. The van der Waals surface area contributed by atoms with Gasteiger partial charge in [-0.15, -0.1) is 0 Å². The van der Waals surface area contributed by atoms with Gasteiger partial charge in [-0.25, -0.2) is 14.6 Å². The van der Waals surface area contributed by atoms with E-state index in [-0.39, 0.29) is 6.61 Å². The molecule has 0 bridgehead atoms. The number of H-pyrrole nitrogens is 1. The van der Waals surface area contributed by atoms with Crippen molar-refractivity contribution in [2.75, 3.05) is 18.5 Å². The van der Waals surface area contributed by atoms with E-state index in [0.717, 1.165) is 28.8 Å². The van der Waals surface area contributed by atoms with E-state index in [1.165, 1.54) is 44.7 Å². The van der Waals surface area contributed by atoms with E-state index >= 15 is 0 Å². The number of ether oxygens (including phenoxy) is 1. The van der Waals surface area contributed by atoms with Crippen LogP contribution in [-0.2, 0) is 14.5 Å². The van der Waals surface area contributed by atoms with Crippen molar-refractivity contribution in [1.82, 2.24) is 9.55 Å². The SMILES string of the molecule is O=c1ccn([C@@H]2O[C@H](COOCCCCCCCCCCBr)[C@@H](O)[C@H]2O)c(=O)[nH]1. The molecule has 0 radical (unpaired) electrons. The summed E-state index contributed by atoms with van der Waals surface area (Å²) in [6.45, 7) is 0.359. The Balaban J connectivity index is 1.59. The van der Waals surface area contributed by atoms with Gasteiger partial charge in [0, 0.05) is 17.6 Å². The van der Waals surface area contributed by atoms with Crippen molar-refractivity contribution in [3.63, 3.8) is 0 Å². The van der Waals surface area contributed by atoms with Crippen molar-refractivity contribution >= 4 is 15.9 Å². The Morgan fingerprint density at radius 1 is 1.00 bits per heavy atom. The van der Waals surface area contributed by atoms with Gasteiger partial charge in [0.05, 0.1) is 6.61 Å². The summed E-state index contributed by atoms with van der Waals surface area (Å²) in [7, 11) is 0. The predicted molar refractivity (Wildman–Crippen MR) is 110 cm³/mol. The van der Waals surface area contributed by atoms with Crippen LogP contribution in [0, 0.1) is 0 Å². The normalized spacial score (nSPS) is 24.2. The lowest BCUT2D eigenvalue weighted by Crippen LogP contribution is -2.37. The first-order valence-corrected chi connectivity index (χ1v) is 11.3. The number of alkyl halides is 1. The fourth-order valence-corrected chi connectivity index (χ4v) is 3.61.